The molecule has 0 saturated carbocycles. The zero-order chi connectivity index (χ0) is 24.2. The zero-order valence-electron chi connectivity index (χ0n) is 19.7. The summed E-state index contributed by atoms with van der Waals surface area (Å²) < 4.78 is 11.7. The van der Waals surface area contributed by atoms with Crippen molar-refractivity contribution in [2.75, 3.05) is 5.32 Å². The van der Waals surface area contributed by atoms with E-state index in [9.17, 15) is 4.79 Å². The van der Waals surface area contributed by atoms with E-state index in [1.807, 2.05) is 60.7 Å². The van der Waals surface area contributed by atoms with Crippen LogP contribution in [0.3, 0.4) is 0 Å². The van der Waals surface area contributed by atoms with Gasteiger partial charge in [0, 0.05) is 16.8 Å². The van der Waals surface area contributed by atoms with E-state index >= 15 is 0 Å². The molecule has 0 aliphatic heterocycles. The lowest BCUT2D eigenvalue weighted by molar-refractivity contribution is 0.102. The minimum atomic E-state index is -0.202. The van der Waals surface area contributed by atoms with Crippen molar-refractivity contribution in [1.82, 2.24) is 4.98 Å². The highest BCUT2D eigenvalue weighted by molar-refractivity contribution is 6.05. The third-order valence-corrected chi connectivity index (χ3v) is 5.83. The number of nitrogens with zero attached hydrogens (tertiary/aromatic N) is 1. The first-order valence-corrected chi connectivity index (χ1v) is 11.6. The number of hydrogen-bond donors (Lipinski definition) is 1. The molecule has 4 aromatic carbocycles. The number of fused-ring (bicyclic) bond motifs is 1. The number of carbonyl (C=O) groups is 1. The second-order valence-electron chi connectivity index (χ2n) is 8.73. The molecule has 1 aromatic heterocycles. The van der Waals surface area contributed by atoms with Crippen LogP contribution in [-0.4, -0.2) is 10.9 Å². The van der Waals surface area contributed by atoms with Crippen molar-refractivity contribution in [3.05, 3.63) is 114 Å². The molecule has 5 heteroatoms. The van der Waals surface area contributed by atoms with Gasteiger partial charge in [-0.2, -0.15) is 0 Å². The monoisotopic (exact) mass is 462 g/mol. The lowest BCUT2D eigenvalue weighted by Crippen LogP contribution is -2.11. The summed E-state index contributed by atoms with van der Waals surface area (Å²) in [4.78, 5) is 17.4. The number of benzene rings is 4. The van der Waals surface area contributed by atoms with Gasteiger partial charge in [0.05, 0.1) is 0 Å². The smallest absolute Gasteiger partial charge is 0.255 e. The van der Waals surface area contributed by atoms with Gasteiger partial charge in [0.15, 0.2) is 5.58 Å². The van der Waals surface area contributed by atoms with Gasteiger partial charge in [-0.3, -0.25) is 4.79 Å². The van der Waals surface area contributed by atoms with Crippen LogP contribution in [0.5, 0.6) is 5.75 Å². The first-order valence-electron chi connectivity index (χ1n) is 11.6. The van der Waals surface area contributed by atoms with E-state index in [2.05, 4.69) is 36.3 Å². The third kappa shape index (κ3) is 5.25. The Morgan fingerprint density at radius 3 is 2.37 bits per heavy atom. The topological polar surface area (TPSA) is 64.4 Å². The van der Waals surface area contributed by atoms with Crippen molar-refractivity contribution in [1.29, 1.82) is 0 Å². The van der Waals surface area contributed by atoms with Crippen LogP contribution in [0, 0.1) is 0 Å². The van der Waals surface area contributed by atoms with E-state index in [1.54, 1.807) is 24.3 Å². The molecule has 0 atom stereocenters. The number of ether oxygens (including phenoxy) is 1. The fourth-order valence-corrected chi connectivity index (χ4v) is 3.79. The van der Waals surface area contributed by atoms with E-state index in [1.165, 1.54) is 5.56 Å². The van der Waals surface area contributed by atoms with Crippen molar-refractivity contribution in [3.63, 3.8) is 0 Å². The van der Waals surface area contributed by atoms with Gasteiger partial charge in [-0.1, -0.05) is 56.3 Å². The summed E-state index contributed by atoms with van der Waals surface area (Å²) in [6.07, 6.45) is 0. The average Bonchev–Trinajstić information content (AvgIpc) is 3.32. The van der Waals surface area contributed by atoms with E-state index in [0.29, 0.717) is 46.5 Å². The molecule has 0 radical (unpaired) electrons. The van der Waals surface area contributed by atoms with Crippen LogP contribution in [0.25, 0.3) is 22.6 Å². The first kappa shape index (κ1) is 22.4. The Bertz CT molecular complexity index is 1440. The number of carbonyl (C=O) groups excluding carboxylic acids is 1. The van der Waals surface area contributed by atoms with E-state index in [0.717, 1.165) is 11.1 Å². The van der Waals surface area contributed by atoms with Crippen LogP contribution in [0.15, 0.2) is 101 Å². The molecule has 1 heterocycles. The van der Waals surface area contributed by atoms with Crippen molar-refractivity contribution in [2.45, 2.75) is 26.4 Å². The summed E-state index contributed by atoms with van der Waals surface area (Å²) in [6, 6.07) is 30.8. The van der Waals surface area contributed by atoms with E-state index in [4.69, 9.17) is 9.15 Å². The molecule has 0 aliphatic carbocycles. The summed E-state index contributed by atoms with van der Waals surface area (Å²) in [5, 5.41) is 2.94. The van der Waals surface area contributed by atoms with E-state index in [-0.39, 0.29) is 5.91 Å². The summed E-state index contributed by atoms with van der Waals surface area (Å²) >= 11 is 0. The molecule has 1 N–H and O–H groups in total. The van der Waals surface area contributed by atoms with Gasteiger partial charge in [0.25, 0.3) is 5.91 Å². The van der Waals surface area contributed by atoms with Gasteiger partial charge in [0.1, 0.15) is 17.9 Å². The molecule has 0 saturated heterocycles. The van der Waals surface area contributed by atoms with Crippen LogP contribution in [-0.2, 0) is 6.61 Å². The summed E-state index contributed by atoms with van der Waals surface area (Å²) in [6.45, 7) is 4.81. The Balaban J connectivity index is 1.25. The number of anilines is 1. The molecule has 35 heavy (non-hydrogen) atoms. The number of rotatable bonds is 7. The molecule has 0 bridgehead atoms. The number of hydrogen-bond acceptors (Lipinski definition) is 4. The predicted molar refractivity (Wildman–Crippen MR) is 139 cm³/mol. The van der Waals surface area contributed by atoms with Gasteiger partial charge < -0.3 is 14.5 Å². The molecule has 5 aromatic rings. The average molecular weight is 463 g/mol. The van der Waals surface area contributed by atoms with Gasteiger partial charge in [-0.25, -0.2) is 4.98 Å². The van der Waals surface area contributed by atoms with Crippen molar-refractivity contribution >= 4 is 22.7 Å². The second-order valence-corrected chi connectivity index (χ2v) is 8.73. The predicted octanol–water partition coefficient (Wildman–Crippen LogP) is 7.45. The van der Waals surface area contributed by atoms with Crippen LogP contribution < -0.4 is 10.1 Å². The maximum atomic E-state index is 12.8. The van der Waals surface area contributed by atoms with Gasteiger partial charge >= 0.3 is 0 Å². The Morgan fingerprint density at radius 2 is 1.66 bits per heavy atom. The minimum absolute atomic E-state index is 0.202. The summed E-state index contributed by atoms with van der Waals surface area (Å²) in [7, 11) is 0. The fraction of sp³-hybridized carbons (Fsp3) is 0.133. The highest BCUT2D eigenvalue weighted by Crippen LogP contribution is 2.28. The molecule has 1 amide bonds. The Morgan fingerprint density at radius 1 is 0.914 bits per heavy atom. The SMILES string of the molecule is CC(C)c1ccc(-c2nc3cc(NC(=O)c4ccc(OCc5ccccc5)cc4)ccc3o2)cc1. The minimum Gasteiger partial charge on any atom is -0.489 e. The molecule has 0 aliphatic rings. The maximum absolute atomic E-state index is 12.8. The van der Waals surface area contributed by atoms with Crippen LogP contribution >= 0.6 is 0 Å². The Kier molecular flexibility index (Phi) is 6.31. The van der Waals surface area contributed by atoms with Crippen LogP contribution in [0.2, 0.25) is 0 Å². The number of nitrogens with one attached hydrogen (secondary N) is 1. The third-order valence-electron chi connectivity index (χ3n) is 5.83. The fourth-order valence-electron chi connectivity index (χ4n) is 3.79. The van der Waals surface area contributed by atoms with Gasteiger partial charge in [0.2, 0.25) is 5.89 Å². The summed E-state index contributed by atoms with van der Waals surface area (Å²) in [5.74, 6) is 1.54. The van der Waals surface area contributed by atoms with Gasteiger partial charge in [-0.05, 0) is 71.6 Å². The molecule has 0 unspecified atom stereocenters. The quantitative estimate of drug-likeness (QED) is 0.273. The molecule has 0 fully saturated rings. The highest BCUT2D eigenvalue weighted by Gasteiger charge is 2.12. The lowest BCUT2D eigenvalue weighted by atomic mass is 10.0. The van der Waals surface area contributed by atoms with Crippen LogP contribution in [0.1, 0.15) is 41.3 Å². The van der Waals surface area contributed by atoms with Crippen molar-refractivity contribution < 1.29 is 13.9 Å². The normalized spacial score (nSPS) is 11.1. The van der Waals surface area contributed by atoms with Crippen molar-refractivity contribution in [2.24, 2.45) is 0 Å². The maximum Gasteiger partial charge on any atom is 0.255 e. The molecule has 174 valence electrons. The number of amides is 1. The van der Waals surface area contributed by atoms with Crippen molar-refractivity contribution in [3.8, 4) is 17.2 Å². The lowest BCUT2D eigenvalue weighted by Gasteiger charge is -2.08. The second kappa shape index (κ2) is 9.85. The Hall–Kier alpha value is -4.38. The standard InChI is InChI=1S/C30H26N2O3/c1-20(2)22-8-10-24(11-9-22)30-32-27-18-25(14-17-28(27)35-30)31-29(33)23-12-15-26(16-13-23)34-19-21-6-4-3-5-7-21/h3-18,20H,19H2,1-2H3,(H,31,33). The van der Waals surface area contributed by atoms with E-state index < -0.39 is 0 Å². The highest BCUT2D eigenvalue weighted by atomic mass is 16.5. The largest absolute Gasteiger partial charge is 0.489 e. The Labute approximate surface area is 204 Å². The number of aromatic nitrogens is 1. The molecule has 5 rings (SSSR count). The number of oxazole rings is 1. The zero-order valence-corrected chi connectivity index (χ0v) is 19.7. The molecular weight excluding hydrogens is 436 g/mol. The molecular formula is C30H26N2O3. The van der Waals surface area contributed by atoms with Gasteiger partial charge in [-0.15, -0.1) is 0 Å². The molecule has 5 nitrogen and oxygen atoms in total. The van der Waals surface area contributed by atoms with Crippen LogP contribution in [0.4, 0.5) is 5.69 Å². The molecule has 0 spiro atoms. The first-order chi connectivity index (χ1) is 17.0. The summed E-state index contributed by atoms with van der Waals surface area (Å²) in [5.41, 5.74) is 5.84.